The molecule has 120 valence electrons. The van der Waals surface area contributed by atoms with Gasteiger partial charge in [-0.2, -0.15) is 18.4 Å². The van der Waals surface area contributed by atoms with Gasteiger partial charge in [-0.1, -0.05) is 0 Å². The summed E-state index contributed by atoms with van der Waals surface area (Å²) in [6.07, 6.45) is -0.858. The second-order valence-corrected chi connectivity index (χ2v) is 5.60. The Kier molecular flexibility index (Phi) is 5.24. The highest BCUT2D eigenvalue weighted by Crippen LogP contribution is 2.28. The van der Waals surface area contributed by atoms with Gasteiger partial charge in [0.05, 0.1) is 24.4 Å². The molecule has 0 amide bonds. The van der Waals surface area contributed by atoms with Crippen LogP contribution in [-0.4, -0.2) is 35.1 Å². The van der Waals surface area contributed by atoms with E-state index in [-0.39, 0.29) is 12.1 Å². The lowest BCUT2D eigenvalue weighted by Gasteiger charge is -2.35. The van der Waals surface area contributed by atoms with Crippen LogP contribution in [0.15, 0.2) is 18.3 Å². The van der Waals surface area contributed by atoms with Gasteiger partial charge in [0.2, 0.25) is 0 Å². The molecule has 22 heavy (non-hydrogen) atoms. The quantitative estimate of drug-likeness (QED) is 0.927. The monoisotopic (exact) mass is 312 g/mol. The van der Waals surface area contributed by atoms with E-state index in [0.29, 0.717) is 12.1 Å². The third-order valence-electron chi connectivity index (χ3n) is 3.96. The van der Waals surface area contributed by atoms with Crippen molar-refractivity contribution >= 4 is 5.69 Å². The van der Waals surface area contributed by atoms with Crippen LogP contribution in [0.2, 0.25) is 0 Å². The van der Waals surface area contributed by atoms with Gasteiger partial charge in [-0.05, 0) is 31.9 Å². The van der Waals surface area contributed by atoms with Crippen LogP contribution >= 0.6 is 0 Å². The molecular formula is C15H19F3N4. The molecule has 1 aromatic rings. The molecule has 0 radical (unpaired) electrons. The summed E-state index contributed by atoms with van der Waals surface area (Å²) in [6, 6.07) is 5.06. The molecule has 4 nitrogen and oxygen atoms in total. The molecule has 0 bridgehead atoms. The Labute approximate surface area is 127 Å². The highest BCUT2D eigenvalue weighted by atomic mass is 19.4. The van der Waals surface area contributed by atoms with Gasteiger partial charge in [0.25, 0.3) is 0 Å². The minimum absolute atomic E-state index is 0.226. The molecule has 0 saturated carbocycles. The van der Waals surface area contributed by atoms with E-state index >= 15 is 0 Å². The van der Waals surface area contributed by atoms with Crippen molar-refractivity contribution in [1.29, 1.82) is 5.26 Å². The van der Waals surface area contributed by atoms with E-state index in [1.165, 1.54) is 12.3 Å². The normalized spacial score (nSPS) is 18.7. The van der Waals surface area contributed by atoms with E-state index in [1.54, 1.807) is 0 Å². The number of nitrogens with one attached hydrogen (secondary N) is 1. The van der Waals surface area contributed by atoms with Crippen molar-refractivity contribution < 1.29 is 13.2 Å². The van der Waals surface area contributed by atoms with E-state index in [9.17, 15) is 13.2 Å². The third-order valence-corrected chi connectivity index (χ3v) is 3.96. The largest absolute Gasteiger partial charge is 0.433 e. The Balaban J connectivity index is 1.85. The minimum Gasteiger partial charge on any atom is -0.381 e. The molecule has 0 aromatic carbocycles. The fourth-order valence-corrected chi connectivity index (χ4v) is 2.63. The summed E-state index contributed by atoms with van der Waals surface area (Å²) >= 11 is 0. The smallest absolute Gasteiger partial charge is 0.381 e. The van der Waals surface area contributed by atoms with Crippen LogP contribution in [0.25, 0.3) is 0 Å². The zero-order valence-electron chi connectivity index (χ0n) is 12.4. The van der Waals surface area contributed by atoms with Gasteiger partial charge in [-0.3, -0.25) is 4.90 Å². The van der Waals surface area contributed by atoms with Gasteiger partial charge >= 0.3 is 6.18 Å². The first-order valence-corrected chi connectivity index (χ1v) is 7.31. The van der Waals surface area contributed by atoms with Crippen molar-refractivity contribution in [2.75, 3.05) is 18.4 Å². The first-order chi connectivity index (χ1) is 10.4. The summed E-state index contributed by atoms with van der Waals surface area (Å²) in [5.41, 5.74) is -0.269. The fourth-order valence-electron chi connectivity index (χ4n) is 2.63. The van der Waals surface area contributed by atoms with E-state index in [0.717, 1.165) is 32.0 Å². The zero-order valence-corrected chi connectivity index (χ0v) is 12.4. The number of rotatable bonds is 4. The average molecular weight is 312 g/mol. The Morgan fingerprint density at radius 1 is 1.41 bits per heavy atom. The number of hydrogen-bond donors (Lipinski definition) is 1. The summed E-state index contributed by atoms with van der Waals surface area (Å²) in [5, 5.41) is 11.9. The van der Waals surface area contributed by atoms with Crippen LogP contribution in [-0.2, 0) is 6.18 Å². The SMILES string of the molecule is C[C@H](CC#N)N1CCC(Nc2ccc(C(F)(F)F)nc2)CC1. The van der Waals surface area contributed by atoms with Gasteiger partial charge in [0.15, 0.2) is 0 Å². The number of aromatic nitrogens is 1. The van der Waals surface area contributed by atoms with Crippen molar-refractivity contribution in [3.8, 4) is 6.07 Å². The number of alkyl halides is 3. The number of halogens is 3. The molecule has 1 aromatic heterocycles. The maximum absolute atomic E-state index is 12.4. The number of pyridine rings is 1. The van der Waals surface area contributed by atoms with Crippen LogP contribution in [0.3, 0.4) is 0 Å². The van der Waals surface area contributed by atoms with Crippen LogP contribution in [0.1, 0.15) is 31.9 Å². The number of likely N-dealkylation sites (tertiary alicyclic amines) is 1. The fraction of sp³-hybridized carbons (Fsp3) is 0.600. The first-order valence-electron chi connectivity index (χ1n) is 7.31. The van der Waals surface area contributed by atoms with Crippen molar-refractivity contribution in [2.24, 2.45) is 0 Å². The number of piperidine rings is 1. The summed E-state index contributed by atoms with van der Waals surface area (Å²) in [6.45, 7) is 3.81. The molecule has 1 saturated heterocycles. The van der Waals surface area contributed by atoms with E-state index in [1.807, 2.05) is 6.92 Å². The van der Waals surface area contributed by atoms with Gasteiger partial charge in [0.1, 0.15) is 5.69 Å². The van der Waals surface area contributed by atoms with E-state index in [2.05, 4.69) is 21.3 Å². The summed E-state index contributed by atoms with van der Waals surface area (Å²) < 4.78 is 37.3. The van der Waals surface area contributed by atoms with Gasteiger partial charge in [-0.25, -0.2) is 4.98 Å². The van der Waals surface area contributed by atoms with Crippen molar-refractivity contribution in [3.63, 3.8) is 0 Å². The molecule has 1 N–H and O–H groups in total. The van der Waals surface area contributed by atoms with E-state index < -0.39 is 11.9 Å². The highest BCUT2D eigenvalue weighted by Gasteiger charge is 2.32. The molecule has 2 rings (SSSR count). The van der Waals surface area contributed by atoms with Crippen LogP contribution in [0.5, 0.6) is 0 Å². The number of hydrogen-bond acceptors (Lipinski definition) is 4. The lowest BCUT2D eigenvalue weighted by atomic mass is 10.0. The summed E-state index contributed by atoms with van der Waals surface area (Å²) in [7, 11) is 0. The Morgan fingerprint density at radius 3 is 2.59 bits per heavy atom. The van der Waals surface area contributed by atoms with Crippen LogP contribution in [0, 0.1) is 11.3 Å². The Bertz CT molecular complexity index is 513. The molecule has 0 spiro atoms. The molecule has 1 aliphatic heterocycles. The van der Waals surface area contributed by atoms with Crippen molar-refractivity contribution in [3.05, 3.63) is 24.0 Å². The lowest BCUT2D eigenvalue weighted by Crippen LogP contribution is -2.43. The van der Waals surface area contributed by atoms with Gasteiger partial charge in [-0.15, -0.1) is 0 Å². The Morgan fingerprint density at radius 2 is 2.09 bits per heavy atom. The van der Waals surface area contributed by atoms with Crippen LogP contribution in [0.4, 0.5) is 18.9 Å². The number of nitrogens with zero attached hydrogens (tertiary/aromatic N) is 3. The maximum atomic E-state index is 12.4. The molecular weight excluding hydrogens is 293 g/mol. The van der Waals surface area contributed by atoms with Gasteiger partial charge < -0.3 is 5.32 Å². The number of nitriles is 1. The maximum Gasteiger partial charge on any atom is 0.433 e. The second-order valence-electron chi connectivity index (χ2n) is 5.60. The topological polar surface area (TPSA) is 52.0 Å². The van der Waals surface area contributed by atoms with Gasteiger partial charge in [0, 0.05) is 25.2 Å². The lowest BCUT2D eigenvalue weighted by molar-refractivity contribution is -0.141. The average Bonchev–Trinajstić information content (AvgIpc) is 2.48. The highest BCUT2D eigenvalue weighted by molar-refractivity contribution is 5.42. The first kappa shape index (κ1) is 16.6. The molecule has 1 fully saturated rings. The second kappa shape index (κ2) is 6.97. The Hall–Kier alpha value is -1.81. The molecule has 1 aliphatic rings. The molecule has 7 heteroatoms. The molecule has 0 unspecified atom stereocenters. The van der Waals surface area contributed by atoms with Crippen molar-refractivity contribution in [1.82, 2.24) is 9.88 Å². The molecule has 2 heterocycles. The molecule has 1 atom stereocenters. The standard InChI is InChI=1S/C15H19F3N4/c1-11(4-7-19)22-8-5-12(6-9-22)21-13-2-3-14(20-10-13)15(16,17)18/h2-3,10-12,21H,4-6,8-9H2,1H3/t11-/m1/s1. The van der Waals surface area contributed by atoms with E-state index in [4.69, 9.17) is 5.26 Å². The predicted molar refractivity (Wildman–Crippen MR) is 77.1 cm³/mol. The van der Waals surface area contributed by atoms with Crippen molar-refractivity contribution in [2.45, 2.75) is 44.4 Å². The minimum atomic E-state index is -4.40. The third kappa shape index (κ3) is 4.34. The predicted octanol–water partition coefficient (Wildman–Crippen LogP) is 3.28. The summed E-state index contributed by atoms with van der Waals surface area (Å²) in [4.78, 5) is 5.72. The summed E-state index contributed by atoms with van der Waals surface area (Å²) in [5.74, 6) is 0. The zero-order chi connectivity index (χ0) is 16.2. The van der Waals surface area contributed by atoms with Crippen LogP contribution < -0.4 is 5.32 Å². The number of anilines is 1. The molecule has 0 aliphatic carbocycles.